The van der Waals surface area contributed by atoms with Crippen molar-refractivity contribution in [3.8, 4) is 5.69 Å². The van der Waals surface area contributed by atoms with Gasteiger partial charge in [0.25, 0.3) is 0 Å². The number of aromatic nitrogens is 5. The number of rotatable bonds is 4. The van der Waals surface area contributed by atoms with Crippen LogP contribution in [-0.4, -0.2) is 24.1 Å². The van der Waals surface area contributed by atoms with Crippen molar-refractivity contribution in [1.82, 2.24) is 24.1 Å². The lowest BCUT2D eigenvalue weighted by Gasteiger charge is -2.10. The number of imidazole rings is 1. The molecule has 7 heteroatoms. The third kappa shape index (κ3) is 3.15. The van der Waals surface area contributed by atoms with E-state index in [9.17, 15) is 0 Å². The molecule has 25 heavy (non-hydrogen) atoms. The van der Waals surface area contributed by atoms with Crippen molar-refractivity contribution in [2.24, 2.45) is 0 Å². The Morgan fingerprint density at radius 3 is 2.72 bits per heavy atom. The summed E-state index contributed by atoms with van der Waals surface area (Å²) in [6.45, 7) is 4.06. The maximum atomic E-state index is 6.03. The zero-order valence-corrected chi connectivity index (χ0v) is 15.4. The van der Waals surface area contributed by atoms with Gasteiger partial charge in [0.2, 0.25) is 0 Å². The highest BCUT2D eigenvalue weighted by Crippen LogP contribution is 2.26. The molecule has 0 saturated carbocycles. The van der Waals surface area contributed by atoms with Gasteiger partial charge < -0.3 is 4.40 Å². The van der Waals surface area contributed by atoms with E-state index in [0.29, 0.717) is 10.8 Å². The van der Waals surface area contributed by atoms with Crippen LogP contribution in [0.15, 0.2) is 53.9 Å². The molecular weight excluding hydrogens is 354 g/mol. The molecule has 0 spiro atoms. The quantitative estimate of drug-likeness (QED) is 0.498. The molecule has 0 saturated heterocycles. The molecule has 4 aromatic rings. The number of pyridine rings is 1. The zero-order valence-electron chi connectivity index (χ0n) is 13.8. The van der Waals surface area contributed by atoms with E-state index in [1.165, 1.54) is 5.56 Å². The Morgan fingerprint density at radius 2 is 1.88 bits per heavy atom. The molecule has 0 amide bonds. The lowest BCUT2D eigenvalue weighted by atomic mass is 10.2. The van der Waals surface area contributed by atoms with Crippen molar-refractivity contribution in [3.63, 3.8) is 0 Å². The van der Waals surface area contributed by atoms with Crippen molar-refractivity contribution >= 4 is 29.0 Å². The summed E-state index contributed by atoms with van der Waals surface area (Å²) in [5, 5.41) is 10.1. The van der Waals surface area contributed by atoms with Crippen molar-refractivity contribution < 1.29 is 0 Å². The molecule has 0 N–H and O–H groups in total. The largest absolute Gasteiger partial charge is 0.305 e. The maximum absolute atomic E-state index is 6.03. The van der Waals surface area contributed by atoms with Gasteiger partial charge in [0, 0.05) is 18.1 Å². The lowest BCUT2D eigenvalue weighted by molar-refractivity contribution is 0.861. The summed E-state index contributed by atoms with van der Waals surface area (Å²) in [5.74, 6) is 1.59. The number of benzene rings is 1. The average molecular weight is 370 g/mol. The summed E-state index contributed by atoms with van der Waals surface area (Å²) in [5.41, 5.74) is 4.16. The second-order valence-electron chi connectivity index (χ2n) is 5.79. The predicted octanol–water partition coefficient (Wildman–Crippen LogP) is 4.48. The van der Waals surface area contributed by atoms with Crippen LogP contribution in [0.4, 0.5) is 0 Å². The summed E-state index contributed by atoms with van der Waals surface area (Å²) in [6, 6.07) is 12.0. The van der Waals surface area contributed by atoms with Gasteiger partial charge in [-0.25, -0.2) is 4.98 Å². The fraction of sp³-hybridized carbons (Fsp3) is 0.167. The first-order valence-electron chi connectivity index (χ1n) is 7.86. The van der Waals surface area contributed by atoms with E-state index >= 15 is 0 Å². The molecule has 4 rings (SSSR count). The number of halogens is 1. The van der Waals surface area contributed by atoms with E-state index in [4.69, 9.17) is 11.6 Å². The molecule has 0 bridgehead atoms. The van der Waals surface area contributed by atoms with Gasteiger partial charge in [0.1, 0.15) is 11.5 Å². The molecule has 0 aliphatic heterocycles. The standard InChI is InChI=1S/C18H16ClN5S/c1-12-5-3-4-6-16(12)24-13(2)21-22-18(24)25-11-15-10-23-9-14(19)7-8-17(23)20-15/h3-10H,11H2,1-2H3. The van der Waals surface area contributed by atoms with Crippen LogP contribution in [0.2, 0.25) is 5.02 Å². The monoisotopic (exact) mass is 369 g/mol. The highest BCUT2D eigenvalue weighted by Gasteiger charge is 2.14. The Morgan fingerprint density at radius 1 is 1.04 bits per heavy atom. The van der Waals surface area contributed by atoms with Crippen LogP contribution < -0.4 is 0 Å². The molecule has 1 aromatic carbocycles. The van der Waals surface area contributed by atoms with Crippen LogP contribution in [0.25, 0.3) is 11.3 Å². The highest BCUT2D eigenvalue weighted by atomic mass is 35.5. The first kappa shape index (κ1) is 16.2. The average Bonchev–Trinajstić information content (AvgIpc) is 3.16. The van der Waals surface area contributed by atoms with Gasteiger partial charge in [0.05, 0.1) is 16.4 Å². The highest BCUT2D eigenvalue weighted by molar-refractivity contribution is 7.98. The second kappa shape index (κ2) is 6.54. The minimum atomic E-state index is 0.694. The molecular formula is C18H16ClN5S. The molecule has 0 atom stereocenters. The van der Waals surface area contributed by atoms with Crippen LogP contribution in [0, 0.1) is 13.8 Å². The molecule has 126 valence electrons. The maximum Gasteiger partial charge on any atom is 0.196 e. The van der Waals surface area contributed by atoms with Gasteiger partial charge in [-0.05, 0) is 37.6 Å². The van der Waals surface area contributed by atoms with Crippen LogP contribution >= 0.6 is 23.4 Å². The summed E-state index contributed by atoms with van der Waals surface area (Å²) < 4.78 is 4.03. The Kier molecular flexibility index (Phi) is 4.23. The normalized spacial score (nSPS) is 11.3. The van der Waals surface area contributed by atoms with Crippen LogP contribution in [0.1, 0.15) is 17.1 Å². The number of hydrogen-bond donors (Lipinski definition) is 0. The Bertz CT molecular complexity index is 1050. The number of para-hydroxylation sites is 1. The van der Waals surface area contributed by atoms with Crippen molar-refractivity contribution in [3.05, 3.63) is 70.9 Å². The first-order chi connectivity index (χ1) is 12.1. The van der Waals surface area contributed by atoms with Gasteiger partial charge in [-0.1, -0.05) is 41.6 Å². The smallest absolute Gasteiger partial charge is 0.196 e. The zero-order chi connectivity index (χ0) is 17.4. The minimum Gasteiger partial charge on any atom is -0.305 e. The molecule has 0 radical (unpaired) electrons. The SMILES string of the molecule is Cc1ccccc1-n1c(C)nnc1SCc1cn2cc(Cl)ccc2n1. The number of aryl methyl sites for hydroxylation is 2. The summed E-state index contributed by atoms with van der Waals surface area (Å²) in [7, 11) is 0. The predicted molar refractivity (Wildman–Crippen MR) is 101 cm³/mol. The van der Waals surface area contributed by atoms with E-state index in [1.807, 2.05) is 48.0 Å². The fourth-order valence-electron chi connectivity index (χ4n) is 2.75. The molecule has 0 unspecified atom stereocenters. The Balaban J connectivity index is 1.62. The third-order valence-corrected chi connectivity index (χ3v) is 5.15. The van der Waals surface area contributed by atoms with E-state index in [-0.39, 0.29) is 0 Å². The lowest BCUT2D eigenvalue weighted by Crippen LogP contribution is -2.01. The van der Waals surface area contributed by atoms with Gasteiger partial charge in [0.15, 0.2) is 5.16 Å². The Hall–Kier alpha value is -2.31. The van der Waals surface area contributed by atoms with Gasteiger partial charge in [-0.15, -0.1) is 10.2 Å². The molecule has 0 aliphatic rings. The summed E-state index contributed by atoms with van der Waals surface area (Å²) >= 11 is 7.66. The van der Waals surface area contributed by atoms with Crippen molar-refractivity contribution in [2.75, 3.05) is 0 Å². The topological polar surface area (TPSA) is 48.0 Å². The van der Waals surface area contributed by atoms with E-state index in [2.05, 4.69) is 38.8 Å². The van der Waals surface area contributed by atoms with Crippen LogP contribution in [0.5, 0.6) is 0 Å². The van der Waals surface area contributed by atoms with Crippen LogP contribution in [-0.2, 0) is 5.75 Å². The minimum absolute atomic E-state index is 0.694. The third-order valence-electron chi connectivity index (χ3n) is 3.97. The van der Waals surface area contributed by atoms with Gasteiger partial charge in [-0.3, -0.25) is 4.57 Å². The Labute approximate surface area is 154 Å². The van der Waals surface area contributed by atoms with Gasteiger partial charge in [-0.2, -0.15) is 0 Å². The van der Waals surface area contributed by atoms with E-state index < -0.39 is 0 Å². The van der Waals surface area contributed by atoms with Gasteiger partial charge >= 0.3 is 0 Å². The van der Waals surface area contributed by atoms with Crippen molar-refractivity contribution in [1.29, 1.82) is 0 Å². The molecule has 0 aliphatic carbocycles. The molecule has 5 nitrogen and oxygen atoms in total. The number of thioether (sulfide) groups is 1. The molecule has 3 heterocycles. The fourth-order valence-corrected chi connectivity index (χ4v) is 3.80. The summed E-state index contributed by atoms with van der Waals surface area (Å²) in [4.78, 5) is 4.62. The number of nitrogens with zero attached hydrogens (tertiary/aromatic N) is 5. The van der Waals surface area contributed by atoms with E-state index in [0.717, 1.165) is 28.0 Å². The number of hydrogen-bond acceptors (Lipinski definition) is 4. The first-order valence-corrected chi connectivity index (χ1v) is 9.22. The van der Waals surface area contributed by atoms with E-state index in [1.54, 1.807) is 11.8 Å². The second-order valence-corrected chi connectivity index (χ2v) is 7.16. The van der Waals surface area contributed by atoms with Crippen molar-refractivity contribution in [2.45, 2.75) is 24.8 Å². The number of fused-ring (bicyclic) bond motifs is 1. The molecule has 0 fully saturated rings. The molecule has 3 aromatic heterocycles. The van der Waals surface area contributed by atoms with Crippen LogP contribution in [0.3, 0.4) is 0 Å². The summed E-state index contributed by atoms with van der Waals surface area (Å²) in [6.07, 6.45) is 3.85.